The number of pyridine rings is 1. The van der Waals surface area contributed by atoms with E-state index in [0.29, 0.717) is 28.6 Å². The molecule has 0 aliphatic carbocycles. The van der Waals surface area contributed by atoms with Crippen molar-refractivity contribution in [3.63, 3.8) is 0 Å². The zero-order chi connectivity index (χ0) is 17.2. The molecule has 2 aromatic carbocycles. The number of cyclic esters (lactones) is 1. The molecule has 1 fully saturated rings. The smallest absolute Gasteiger partial charge is 0.347 e. The number of hydrogen-bond acceptors (Lipinski definition) is 5. The molecule has 5 heteroatoms. The van der Waals surface area contributed by atoms with Gasteiger partial charge in [-0.05, 0) is 12.1 Å². The largest absolute Gasteiger partial charge is 0.463 e. The first-order valence-electron chi connectivity index (χ1n) is 8.05. The molecule has 1 aliphatic rings. The van der Waals surface area contributed by atoms with Crippen LogP contribution in [-0.4, -0.2) is 29.6 Å². The van der Waals surface area contributed by atoms with Gasteiger partial charge in [-0.1, -0.05) is 48.5 Å². The third kappa shape index (κ3) is 2.96. The SMILES string of the molecule is O=C(O[C@H]1CCOC1=O)c1cc(-c2ccccc2)nc2ccccc12. The van der Waals surface area contributed by atoms with Crippen molar-refractivity contribution < 1.29 is 19.1 Å². The predicted molar refractivity (Wildman–Crippen MR) is 92.0 cm³/mol. The Hall–Kier alpha value is -3.21. The lowest BCUT2D eigenvalue weighted by atomic mass is 10.0. The summed E-state index contributed by atoms with van der Waals surface area (Å²) >= 11 is 0. The van der Waals surface area contributed by atoms with Gasteiger partial charge in [0.05, 0.1) is 23.4 Å². The molecule has 25 heavy (non-hydrogen) atoms. The Bertz CT molecular complexity index is 952. The van der Waals surface area contributed by atoms with E-state index in [9.17, 15) is 9.59 Å². The Balaban J connectivity index is 1.78. The Morgan fingerprint density at radius 2 is 1.84 bits per heavy atom. The highest BCUT2D eigenvalue weighted by atomic mass is 16.6. The van der Waals surface area contributed by atoms with E-state index in [4.69, 9.17) is 9.47 Å². The van der Waals surface area contributed by atoms with E-state index in [1.54, 1.807) is 6.07 Å². The van der Waals surface area contributed by atoms with E-state index in [-0.39, 0.29) is 6.61 Å². The summed E-state index contributed by atoms with van der Waals surface area (Å²) in [5.41, 5.74) is 2.68. The second-order valence-electron chi connectivity index (χ2n) is 5.79. The molecule has 2 heterocycles. The number of rotatable bonds is 3. The Labute approximate surface area is 144 Å². The number of esters is 2. The first-order valence-corrected chi connectivity index (χ1v) is 8.05. The van der Waals surface area contributed by atoms with Crippen LogP contribution in [-0.2, 0) is 14.3 Å². The molecule has 0 N–H and O–H groups in total. The Morgan fingerprint density at radius 3 is 2.60 bits per heavy atom. The van der Waals surface area contributed by atoms with E-state index in [1.807, 2.05) is 54.6 Å². The lowest BCUT2D eigenvalue weighted by Crippen LogP contribution is -2.23. The lowest BCUT2D eigenvalue weighted by molar-refractivity contribution is -0.145. The number of aromatic nitrogens is 1. The van der Waals surface area contributed by atoms with Gasteiger partial charge in [0.1, 0.15) is 0 Å². The van der Waals surface area contributed by atoms with Crippen LogP contribution in [0.5, 0.6) is 0 Å². The normalized spacial score (nSPS) is 16.6. The number of ether oxygens (including phenoxy) is 2. The standard InChI is InChI=1S/C20H15NO4/c22-19(25-18-10-11-24-20(18)23)15-12-17(13-6-2-1-3-7-13)21-16-9-5-4-8-14(15)16/h1-9,12,18H,10-11H2/t18-/m0/s1. The maximum Gasteiger partial charge on any atom is 0.347 e. The quantitative estimate of drug-likeness (QED) is 0.688. The summed E-state index contributed by atoms with van der Waals surface area (Å²) in [7, 11) is 0. The summed E-state index contributed by atoms with van der Waals surface area (Å²) in [6.07, 6.45) is -0.446. The molecule has 0 spiro atoms. The van der Waals surface area contributed by atoms with Crippen molar-refractivity contribution in [3.8, 4) is 11.3 Å². The van der Waals surface area contributed by atoms with Crippen LogP contribution < -0.4 is 0 Å². The molecular formula is C20H15NO4. The highest BCUT2D eigenvalue weighted by Gasteiger charge is 2.31. The van der Waals surface area contributed by atoms with E-state index >= 15 is 0 Å². The van der Waals surface area contributed by atoms with Crippen LogP contribution in [0.4, 0.5) is 0 Å². The fourth-order valence-electron chi connectivity index (χ4n) is 2.88. The summed E-state index contributed by atoms with van der Waals surface area (Å²) in [5, 5.41) is 0.693. The van der Waals surface area contributed by atoms with Crippen molar-refractivity contribution in [2.75, 3.05) is 6.61 Å². The molecule has 0 radical (unpaired) electrons. The number of nitrogens with zero attached hydrogens (tertiary/aromatic N) is 1. The summed E-state index contributed by atoms with van der Waals surface area (Å²) in [4.78, 5) is 28.9. The fourth-order valence-corrected chi connectivity index (χ4v) is 2.88. The molecule has 1 atom stereocenters. The molecular weight excluding hydrogens is 318 g/mol. The van der Waals surface area contributed by atoms with Crippen molar-refractivity contribution in [1.29, 1.82) is 0 Å². The van der Waals surface area contributed by atoms with Gasteiger partial charge < -0.3 is 9.47 Å². The van der Waals surface area contributed by atoms with Crippen LogP contribution in [0.15, 0.2) is 60.7 Å². The zero-order valence-electron chi connectivity index (χ0n) is 13.3. The Kier molecular flexibility index (Phi) is 3.90. The number of carbonyl (C=O) groups excluding carboxylic acids is 2. The molecule has 0 saturated carbocycles. The monoisotopic (exact) mass is 333 g/mol. The van der Waals surface area contributed by atoms with Crippen molar-refractivity contribution >= 4 is 22.8 Å². The summed E-state index contributed by atoms with van der Waals surface area (Å²) in [5.74, 6) is -1.03. The second kappa shape index (κ2) is 6.36. The van der Waals surface area contributed by atoms with E-state index in [2.05, 4.69) is 4.98 Å². The molecule has 4 rings (SSSR count). The maximum absolute atomic E-state index is 12.7. The van der Waals surface area contributed by atoms with Gasteiger partial charge in [-0.15, -0.1) is 0 Å². The predicted octanol–water partition coefficient (Wildman–Crippen LogP) is 3.37. The molecule has 1 aliphatic heterocycles. The molecule has 1 saturated heterocycles. The van der Waals surface area contributed by atoms with Crippen LogP contribution in [0.25, 0.3) is 22.2 Å². The average Bonchev–Trinajstić information content (AvgIpc) is 3.06. The molecule has 0 unspecified atom stereocenters. The van der Waals surface area contributed by atoms with Gasteiger partial charge in [0.15, 0.2) is 0 Å². The minimum absolute atomic E-state index is 0.281. The highest BCUT2D eigenvalue weighted by Crippen LogP contribution is 2.26. The van der Waals surface area contributed by atoms with Crippen LogP contribution >= 0.6 is 0 Å². The number of para-hydroxylation sites is 1. The molecule has 3 aromatic rings. The van der Waals surface area contributed by atoms with Gasteiger partial charge in [0, 0.05) is 17.4 Å². The topological polar surface area (TPSA) is 65.5 Å². The first-order chi connectivity index (χ1) is 12.2. The van der Waals surface area contributed by atoms with Crippen molar-refractivity contribution in [3.05, 3.63) is 66.2 Å². The number of benzene rings is 2. The number of fused-ring (bicyclic) bond motifs is 1. The average molecular weight is 333 g/mol. The Morgan fingerprint density at radius 1 is 1.08 bits per heavy atom. The van der Waals surface area contributed by atoms with Gasteiger partial charge in [-0.3, -0.25) is 0 Å². The number of carbonyl (C=O) groups is 2. The third-order valence-corrected chi connectivity index (χ3v) is 4.14. The summed E-state index contributed by atoms with van der Waals surface area (Å²) in [6.45, 7) is 0.281. The molecule has 5 nitrogen and oxygen atoms in total. The third-order valence-electron chi connectivity index (χ3n) is 4.14. The molecule has 0 amide bonds. The minimum Gasteiger partial charge on any atom is -0.463 e. The van der Waals surface area contributed by atoms with E-state index < -0.39 is 18.0 Å². The lowest BCUT2D eigenvalue weighted by Gasteiger charge is -2.12. The maximum atomic E-state index is 12.7. The van der Waals surface area contributed by atoms with Gasteiger partial charge in [0.25, 0.3) is 0 Å². The van der Waals surface area contributed by atoms with Gasteiger partial charge in [-0.25, -0.2) is 14.6 Å². The van der Waals surface area contributed by atoms with Crippen LogP contribution in [0.2, 0.25) is 0 Å². The zero-order valence-corrected chi connectivity index (χ0v) is 13.3. The summed E-state index contributed by atoms with van der Waals surface area (Å²) in [6, 6.07) is 18.7. The van der Waals surface area contributed by atoms with Gasteiger partial charge in [-0.2, -0.15) is 0 Å². The second-order valence-corrected chi connectivity index (χ2v) is 5.79. The van der Waals surface area contributed by atoms with Crippen LogP contribution in [0, 0.1) is 0 Å². The molecule has 124 valence electrons. The highest BCUT2D eigenvalue weighted by molar-refractivity contribution is 6.05. The molecule has 0 bridgehead atoms. The molecule has 1 aromatic heterocycles. The fraction of sp³-hybridized carbons (Fsp3) is 0.150. The van der Waals surface area contributed by atoms with Crippen molar-refractivity contribution in [1.82, 2.24) is 4.98 Å². The minimum atomic E-state index is -0.834. The summed E-state index contributed by atoms with van der Waals surface area (Å²) < 4.78 is 10.2. The van der Waals surface area contributed by atoms with Gasteiger partial charge in [0.2, 0.25) is 6.10 Å². The van der Waals surface area contributed by atoms with E-state index in [1.165, 1.54) is 0 Å². The number of hydrogen-bond donors (Lipinski definition) is 0. The van der Waals surface area contributed by atoms with Gasteiger partial charge >= 0.3 is 11.9 Å². The van der Waals surface area contributed by atoms with Crippen molar-refractivity contribution in [2.24, 2.45) is 0 Å². The van der Waals surface area contributed by atoms with Crippen LogP contribution in [0.3, 0.4) is 0 Å². The van der Waals surface area contributed by atoms with E-state index in [0.717, 1.165) is 5.56 Å². The van der Waals surface area contributed by atoms with Crippen molar-refractivity contribution in [2.45, 2.75) is 12.5 Å². The first kappa shape index (κ1) is 15.3. The van der Waals surface area contributed by atoms with Crippen LogP contribution in [0.1, 0.15) is 16.8 Å².